The van der Waals surface area contributed by atoms with Gasteiger partial charge in [0.1, 0.15) is 22.7 Å². The third kappa shape index (κ3) is 6.63. The molecule has 2 aliphatic rings. The Morgan fingerprint density at radius 3 is 2.77 bits per heavy atom. The van der Waals surface area contributed by atoms with E-state index in [1.165, 1.54) is 25.1 Å². The molecule has 0 spiro atoms. The van der Waals surface area contributed by atoms with Crippen LogP contribution in [0.15, 0.2) is 67.0 Å². The van der Waals surface area contributed by atoms with E-state index in [1.54, 1.807) is 48.7 Å². The lowest BCUT2D eigenvalue weighted by Crippen LogP contribution is -2.30. The number of rotatable bonds is 10. The van der Waals surface area contributed by atoms with Crippen LogP contribution in [0.25, 0.3) is 11.0 Å². The minimum atomic E-state index is -0.355. The molecule has 0 unspecified atom stereocenters. The number of likely N-dealkylation sites (tertiary alicyclic amines) is 1. The second kappa shape index (κ2) is 12.3. The number of nitrogens with one attached hydrogen (secondary N) is 3. The lowest BCUT2D eigenvalue weighted by molar-refractivity contribution is -0.125. The van der Waals surface area contributed by atoms with Crippen LogP contribution in [-0.2, 0) is 4.79 Å². The summed E-state index contributed by atoms with van der Waals surface area (Å²) in [4.78, 5) is 38.0. The highest BCUT2D eigenvalue weighted by molar-refractivity contribution is 6.04. The summed E-state index contributed by atoms with van der Waals surface area (Å²) in [6.07, 6.45) is 10.0. The maximum atomic E-state index is 12.7. The number of likely N-dealkylation sites (N-methyl/N-ethyl adjacent to an activating group) is 1. The van der Waals surface area contributed by atoms with Gasteiger partial charge in [-0.3, -0.25) is 19.6 Å². The van der Waals surface area contributed by atoms with E-state index in [1.807, 2.05) is 17.0 Å². The Bertz CT molecular complexity index is 1710. The van der Waals surface area contributed by atoms with Gasteiger partial charge in [-0.2, -0.15) is 10.4 Å². The summed E-state index contributed by atoms with van der Waals surface area (Å²) >= 11 is 0. The Balaban J connectivity index is 1.08. The van der Waals surface area contributed by atoms with Crippen LogP contribution in [-0.4, -0.2) is 80.5 Å². The van der Waals surface area contributed by atoms with Crippen LogP contribution < -0.4 is 15.4 Å². The van der Waals surface area contributed by atoms with E-state index >= 15 is 0 Å². The summed E-state index contributed by atoms with van der Waals surface area (Å²) in [7, 11) is 2.09. The molecule has 1 atom stereocenters. The monoisotopic (exact) mass is 577 g/mol. The molecule has 12 heteroatoms. The number of amides is 2. The van der Waals surface area contributed by atoms with E-state index in [0.29, 0.717) is 64.4 Å². The molecule has 12 nitrogen and oxygen atoms in total. The Labute approximate surface area is 248 Å². The smallest absolute Gasteiger partial charge is 0.256 e. The summed E-state index contributed by atoms with van der Waals surface area (Å²) in [6, 6.07) is 14.2. The fraction of sp³-hybridized carbons (Fsp3) is 0.290. The first-order valence-electron chi connectivity index (χ1n) is 14.2. The van der Waals surface area contributed by atoms with Gasteiger partial charge in [0.2, 0.25) is 5.91 Å². The average molecular weight is 578 g/mol. The number of aromatic nitrogens is 4. The molecular formula is C31H31N9O3. The fourth-order valence-corrected chi connectivity index (χ4v) is 5.03. The van der Waals surface area contributed by atoms with Gasteiger partial charge in [0.25, 0.3) is 5.91 Å². The topological polar surface area (TPSA) is 152 Å². The van der Waals surface area contributed by atoms with Gasteiger partial charge in [-0.05, 0) is 62.7 Å². The van der Waals surface area contributed by atoms with Crippen LogP contribution in [0.5, 0.6) is 11.5 Å². The number of fused-ring (bicyclic) bond motifs is 1. The maximum absolute atomic E-state index is 12.7. The molecule has 1 saturated carbocycles. The van der Waals surface area contributed by atoms with E-state index in [4.69, 9.17) is 10.00 Å². The van der Waals surface area contributed by atoms with Crippen LogP contribution in [0.4, 0.5) is 11.6 Å². The van der Waals surface area contributed by atoms with Crippen molar-refractivity contribution >= 4 is 34.5 Å². The van der Waals surface area contributed by atoms with Crippen LogP contribution in [0.1, 0.15) is 35.2 Å². The van der Waals surface area contributed by atoms with Crippen molar-refractivity contribution in [3.8, 4) is 17.6 Å². The molecule has 4 heterocycles. The number of anilines is 2. The molecule has 1 saturated heterocycles. The third-order valence-electron chi connectivity index (χ3n) is 7.56. The first-order valence-corrected chi connectivity index (χ1v) is 14.2. The summed E-state index contributed by atoms with van der Waals surface area (Å²) in [6.45, 7) is 2.03. The van der Waals surface area contributed by atoms with E-state index in [0.717, 1.165) is 13.0 Å². The number of carbonyl (C=O) groups excluding carboxylic acids is 2. The number of nitriles is 1. The standard InChI is InChI=1S/C31H31N9O3/c1-39(23-6-7-23)15-2-3-27(41)40-16-12-22(19-40)35-30-28-25(11-14-34-29(28)37-38-30)43-24-8-4-21(5-9-24)31(42)36-26-17-20(18-32)10-13-33-26/h2-5,8-11,13-14,17,22-23H,6-7,12,15-16,19H2,1H3,(H,33,36,42)(H2,34,35,37,38)/b3-2+/t22-/m1/s1. The molecule has 0 bridgehead atoms. The zero-order valence-corrected chi connectivity index (χ0v) is 23.7. The van der Waals surface area contributed by atoms with Gasteiger partial charge in [0.15, 0.2) is 11.5 Å². The predicted octanol–water partition coefficient (Wildman–Crippen LogP) is 3.93. The molecule has 2 fully saturated rings. The zero-order chi connectivity index (χ0) is 29.8. The minimum absolute atomic E-state index is 0.0233. The van der Waals surface area contributed by atoms with Crippen molar-refractivity contribution in [3.05, 3.63) is 78.1 Å². The molecule has 0 radical (unpaired) electrons. The Kier molecular flexibility index (Phi) is 7.97. The van der Waals surface area contributed by atoms with Gasteiger partial charge in [0, 0.05) is 61.8 Å². The van der Waals surface area contributed by atoms with Crippen molar-refractivity contribution in [2.45, 2.75) is 31.3 Å². The zero-order valence-electron chi connectivity index (χ0n) is 23.7. The van der Waals surface area contributed by atoms with Gasteiger partial charge in [-0.1, -0.05) is 6.08 Å². The van der Waals surface area contributed by atoms with Gasteiger partial charge >= 0.3 is 0 Å². The number of H-pyrrole nitrogens is 1. The second-order valence-electron chi connectivity index (χ2n) is 10.7. The van der Waals surface area contributed by atoms with E-state index < -0.39 is 0 Å². The van der Waals surface area contributed by atoms with Crippen molar-refractivity contribution in [1.82, 2.24) is 30.0 Å². The Hall–Kier alpha value is -5.28. The van der Waals surface area contributed by atoms with Crippen molar-refractivity contribution in [2.24, 2.45) is 0 Å². The molecule has 3 aromatic heterocycles. The van der Waals surface area contributed by atoms with E-state index in [9.17, 15) is 9.59 Å². The van der Waals surface area contributed by atoms with Crippen molar-refractivity contribution in [3.63, 3.8) is 0 Å². The number of pyridine rings is 2. The number of ether oxygens (including phenoxy) is 1. The van der Waals surface area contributed by atoms with Crippen LogP contribution in [0.2, 0.25) is 0 Å². The number of hydrogen-bond donors (Lipinski definition) is 3. The number of nitrogens with zero attached hydrogens (tertiary/aromatic N) is 6. The van der Waals surface area contributed by atoms with Gasteiger partial charge in [0.05, 0.1) is 11.6 Å². The highest BCUT2D eigenvalue weighted by Crippen LogP contribution is 2.33. The summed E-state index contributed by atoms with van der Waals surface area (Å²) < 4.78 is 6.18. The Morgan fingerprint density at radius 1 is 1.16 bits per heavy atom. The Morgan fingerprint density at radius 2 is 1.98 bits per heavy atom. The normalized spacial score (nSPS) is 16.5. The number of aromatic amines is 1. The van der Waals surface area contributed by atoms with Crippen LogP contribution in [0, 0.1) is 11.3 Å². The van der Waals surface area contributed by atoms with E-state index in [-0.39, 0.29) is 17.9 Å². The molecule has 4 aromatic rings. The molecule has 3 N–H and O–H groups in total. The molecule has 218 valence electrons. The predicted molar refractivity (Wildman–Crippen MR) is 161 cm³/mol. The minimum Gasteiger partial charge on any atom is -0.456 e. The van der Waals surface area contributed by atoms with E-state index in [2.05, 4.69) is 42.7 Å². The highest BCUT2D eigenvalue weighted by Gasteiger charge is 2.27. The summed E-state index contributed by atoms with van der Waals surface area (Å²) in [5.74, 6) is 1.64. The number of carbonyl (C=O) groups is 2. The van der Waals surface area contributed by atoms with Crippen molar-refractivity contribution < 1.29 is 14.3 Å². The number of hydrogen-bond acceptors (Lipinski definition) is 9. The molecule has 1 aliphatic heterocycles. The average Bonchev–Trinajstić information content (AvgIpc) is 3.64. The second-order valence-corrected chi connectivity index (χ2v) is 10.7. The maximum Gasteiger partial charge on any atom is 0.256 e. The lowest BCUT2D eigenvalue weighted by atomic mass is 10.2. The van der Waals surface area contributed by atoms with Gasteiger partial charge in [-0.25, -0.2) is 9.97 Å². The van der Waals surface area contributed by atoms with Crippen LogP contribution >= 0.6 is 0 Å². The third-order valence-corrected chi connectivity index (χ3v) is 7.56. The summed E-state index contributed by atoms with van der Waals surface area (Å²) in [5.41, 5.74) is 1.38. The molecule has 43 heavy (non-hydrogen) atoms. The lowest BCUT2D eigenvalue weighted by Gasteiger charge is -2.16. The largest absolute Gasteiger partial charge is 0.456 e. The molecule has 2 amide bonds. The highest BCUT2D eigenvalue weighted by atomic mass is 16.5. The molecule has 6 rings (SSSR count). The quantitative estimate of drug-likeness (QED) is 0.238. The first-order chi connectivity index (χ1) is 21.0. The van der Waals surface area contributed by atoms with Crippen LogP contribution in [0.3, 0.4) is 0 Å². The molecule has 1 aromatic carbocycles. The summed E-state index contributed by atoms with van der Waals surface area (Å²) in [5, 5.41) is 23.3. The SMILES string of the molecule is CN(C/C=C/C(=O)N1CC[C@@H](Nc2n[nH]c3nccc(Oc4ccc(C(=O)Nc5cc(C#N)ccn5)cc4)c23)C1)C1CC1. The first kappa shape index (κ1) is 27.9. The molecule has 1 aliphatic carbocycles. The van der Waals surface area contributed by atoms with Gasteiger partial charge in [-0.15, -0.1) is 0 Å². The van der Waals surface area contributed by atoms with Crippen molar-refractivity contribution in [2.75, 3.05) is 37.3 Å². The number of benzene rings is 1. The van der Waals surface area contributed by atoms with Gasteiger partial charge < -0.3 is 20.3 Å². The van der Waals surface area contributed by atoms with Crippen molar-refractivity contribution in [1.29, 1.82) is 5.26 Å². The molecular weight excluding hydrogens is 546 g/mol. The fourth-order valence-electron chi connectivity index (χ4n) is 5.03.